The molecule has 1 amide bonds. The summed E-state index contributed by atoms with van der Waals surface area (Å²) in [4.78, 5) is 12.1. The zero-order chi connectivity index (χ0) is 13.5. The number of carbonyl (C=O) groups excluding carboxylic acids is 1. The van der Waals surface area contributed by atoms with E-state index < -0.39 is 0 Å². The number of carbonyl (C=O) groups is 1. The molecule has 0 aliphatic heterocycles. The van der Waals surface area contributed by atoms with E-state index in [0.29, 0.717) is 17.8 Å². The van der Waals surface area contributed by atoms with Gasteiger partial charge in [-0.1, -0.05) is 42.5 Å². The summed E-state index contributed by atoms with van der Waals surface area (Å²) in [6, 6.07) is 10.3. The minimum atomic E-state index is 0.0840. The minimum Gasteiger partial charge on any atom is -0.273 e. The van der Waals surface area contributed by atoms with Crippen molar-refractivity contribution in [1.29, 1.82) is 0 Å². The van der Waals surface area contributed by atoms with Gasteiger partial charge < -0.3 is 0 Å². The molecule has 0 unspecified atom stereocenters. The van der Waals surface area contributed by atoms with Crippen molar-refractivity contribution in [1.82, 2.24) is 5.43 Å². The fourth-order valence-corrected chi connectivity index (χ4v) is 3.43. The molecular formula is C17H18N2O. The lowest BCUT2D eigenvalue weighted by molar-refractivity contribution is -0.122. The van der Waals surface area contributed by atoms with E-state index in [-0.39, 0.29) is 11.8 Å². The van der Waals surface area contributed by atoms with Crippen molar-refractivity contribution in [3.8, 4) is 0 Å². The number of hydrogen-bond donors (Lipinski definition) is 1. The van der Waals surface area contributed by atoms with E-state index in [0.717, 1.165) is 19.3 Å². The molecule has 1 N–H and O–H groups in total. The molecule has 3 heteroatoms. The predicted octanol–water partition coefficient (Wildman–Crippen LogP) is 2.86. The Bertz CT molecular complexity index is 590. The van der Waals surface area contributed by atoms with Crippen molar-refractivity contribution >= 4 is 11.6 Å². The molecule has 0 spiro atoms. The predicted molar refractivity (Wildman–Crippen MR) is 78.2 cm³/mol. The van der Waals surface area contributed by atoms with Gasteiger partial charge in [0.15, 0.2) is 0 Å². The van der Waals surface area contributed by atoms with Crippen molar-refractivity contribution < 1.29 is 4.79 Å². The van der Waals surface area contributed by atoms with Crippen molar-refractivity contribution in [2.45, 2.75) is 25.2 Å². The van der Waals surface area contributed by atoms with Gasteiger partial charge in [-0.2, -0.15) is 5.10 Å². The molecule has 2 fully saturated rings. The maximum absolute atomic E-state index is 12.1. The first-order valence-corrected chi connectivity index (χ1v) is 7.41. The van der Waals surface area contributed by atoms with E-state index in [9.17, 15) is 4.79 Å². The van der Waals surface area contributed by atoms with Gasteiger partial charge in [-0.25, -0.2) is 5.43 Å². The number of allylic oxidation sites excluding steroid dienone is 2. The van der Waals surface area contributed by atoms with Gasteiger partial charge in [0.1, 0.15) is 0 Å². The Kier molecular flexibility index (Phi) is 2.72. The first-order chi connectivity index (χ1) is 9.83. The highest BCUT2D eigenvalue weighted by atomic mass is 16.2. The van der Waals surface area contributed by atoms with Gasteiger partial charge in [0, 0.05) is 17.5 Å². The standard InChI is InChI=1S/C17H18N2O/c20-17(15-10-14(15)11-5-2-1-3-6-11)19-18-16-9-12-7-4-8-13(12)16/h1-7,12-15H,8-10H2,(H,19,20)/b18-16+/t12-,13+,14-,15+/m1/s1. The van der Waals surface area contributed by atoms with E-state index in [4.69, 9.17) is 0 Å². The molecule has 20 heavy (non-hydrogen) atoms. The van der Waals surface area contributed by atoms with Gasteiger partial charge in [0.25, 0.3) is 0 Å². The number of rotatable bonds is 3. The molecule has 0 radical (unpaired) electrons. The van der Waals surface area contributed by atoms with Gasteiger partial charge in [0.05, 0.1) is 0 Å². The summed E-state index contributed by atoms with van der Waals surface area (Å²) in [5, 5.41) is 4.34. The van der Waals surface area contributed by atoms with Crippen LogP contribution in [0.4, 0.5) is 0 Å². The monoisotopic (exact) mass is 266 g/mol. The fourth-order valence-electron chi connectivity index (χ4n) is 3.43. The van der Waals surface area contributed by atoms with Crippen LogP contribution in [-0.4, -0.2) is 11.6 Å². The second kappa shape index (κ2) is 4.58. The summed E-state index contributed by atoms with van der Waals surface area (Å²) < 4.78 is 0. The third kappa shape index (κ3) is 1.98. The smallest absolute Gasteiger partial charge is 0.243 e. The lowest BCUT2D eigenvalue weighted by Crippen LogP contribution is -2.35. The summed E-state index contributed by atoms with van der Waals surface area (Å²) in [6.07, 6.45) is 7.57. The molecule has 1 aromatic carbocycles. The van der Waals surface area contributed by atoms with Crippen LogP contribution in [0.5, 0.6) is 0 Å². The second-order valence-corrected chi connectivity index (χ2v) is 6.08. The molecule has 4 atom stereocenters. The molecule has 0 heterocycles. The number of benzene rings is 1. The topological polar surface area (TPSA) is 41.5 Å². The molecule has 3 aliphatic carbocycles. The van der Waals surface area contributed by atoms with Crippen LogP contribution in [0.1, 0.15) is 30.7 Å². The van der Waals surface area contributed by atoms with Crippen molar-refractivity contribution in [2.24, 2.45) is 22.9 Å². The first-order valence-electron chi connectivity index (χ1n) is 7.41. The van der Waals surface area contributed by atoms with E-state index in [1.807, 2.05) is 18.2 Å². The number of nitrogens with one attached hydrogen (secondary N) is 1. The van der Waals surface area contributed by atoms with Crippen molar-refractivity contribution in [3.05, 3.63) is 48.0 Å². The zero-order valence-corrected chi connectivity index (χ0v) is 11.3. The Balaban J connectivity index is 1.33. The average molecular weight is 266 g/mol. The number of amides is 1. The number of hydrogen-bond acceptors (Lipinski definition) is 2. The number of nitrogens with zero attached hydrogens (tertiary/aromatic N) is 1. The molecule has 102 valence electrons. The Labute approximate surface area is 118 Å². The third-order valence-electron chi connectivity index (χ3n) is 4.83. The maximum Gasteiger partial charge on any atom is 0.243 e. The van der Waals surface area contributed by atoms with Gasteiger partial charge in [-0.05, 0) is 36.7 Å². The Hall–Kier alpha value is -1.90. The van der Waals surface area contributed by atoms with E-state index >= 15 is 0 Å². The van der Waals surface area contributed by atoms with Crippen LogP contribution < -0.4 is 5.43 Å². The Morgan fingerprint density at radius 3 is 2.85 bits per heavy atom. The van der Waals surface area contributed by atoms with Crippen LogP contribution >= 0.6 is 0 Å². The Morgan fingerprint density at radius 2 is 2.05 bits per heavy atom. The highest BCUT2D eigenvalue weighted by Gasteiger charge is 2.44. The quantitative estimate of drug-likeness (QED) is 0.663. The largest absolute Gasteiger partial charge is 0.273 e. The number of hydrazone groups is 1. The first kappa shape index (κ1) is 11.9. The van der Waals surface area contributed by atoms with Gasteiger partial charge >= 0.3 is 0 Å². The SMILES string of the molecule is O=C(N/N=C1\C[C@H]2C=CC[C@H]12)[C@H]1C[C@@H]1c1ccccc1. The molecular weight excluding hydrogens is 248 g/mol. The lowest BCUT2D eigenvalue weighted by Gasteiger charge is -2.31. The maximum atomic E-state index is 12.1. The molecule has 3 nitrogen and oxygen atoms in total. The van der Waals surface area contributed by atoms with Gasteiger partial charge in [0.2, 0.25) is 5.91 Å². The molecule has 0 saturated heterocycles. The van der Waals surface area contributed by atoms with Gasteiger partial charge in [-0.3, -0.25) is 4.79 Å². The van der Waals surface area contributed by atoms with E-state index in [2.05, 4.69) is 34.8 Å². The van der Waals surface area contributed by atoms with Crippen molar-refractivity contribution in [2.75, 3.05) is 0 Å². The van der Waals surface area contributed by atoms with Crippen LogP contribution in [0.3, 0.4) is 0 Å². The fraction of sp³-hybridized carbons (Fsp3) is 0.412. The summed E-state index contributed by atoms with van der Waals surface area (Å²) in [5.41, 5.74) is 5.22. The molecule has 3 aliphatic rings. The second-order valence-electron chi connectivity index (χ2n) is 6.08. The summed E-state index contributed by atoms with van der Waals surface area (Å²) in [6.45, 7) is 0. The van der Waals surface area contributed by atoms with Gasteiger partial charge in [-0.15, -0.1) is 0 Å². The summed E-state index contributed by atoms with van der Waals surface area (Å²) in [7, 11) is 0. The number of fused-ring (bicyclic) bond motifs is 1. The average Bonchev–Trinajstić information content (AvgIpc) is 3.18. The normalized spacial score (nSPS) is 35.5. The molecule has 0 aromatic heterocycles. The van der Waals surface area contributed by atoms with E-state index in [1.165, 1.54) is 11.3 Å². The Morgan fingerprint density at radius 1 is 1.20 bits per heavy atom. The van der Waals surface area contributed by atoms with Crippen LogP contribution in [0.25, 0.3) is 0 Å². The van der Waals surface area contributed by atoms with Crippen molar-refractivity contribution in [3.63, 3.8) is 0 Å². The molecule has 1 aromatic rings. The minimum absolute atomic E-state index is 0.0840. The highest BCUT2D eigenvalue weighted by molar-refractivity contribution is 5.95. The van der Waals surface area contributed by atoms with Crippen LogP contribution in [0.2, 0.25) is 0 Å². The lowest BCUT2D eigenvalue weighted by atomic mass is 9.74. The summed E-state index contributed by atoms with van der Waals surface area (Å²) in [5.74, 6) is 1.84. The summed E-state index contributed by atoms with van der Waals surface area (Å²) >= 11 is 0. The van der Waals surface area contributed by atoms with Crippen LogP contribution in [-0.2, 0) is 4.79 Å². The molecule has 0 bridgehead atoms. The zero-order valence-electron chi connectivity index (χ0n) is 11.3. The van der Waals surface area contributed by atoms with E-state index in [1.54, 1.807) is 0 Å². The molecule has 4 rings (SSSR count). The highest BCUT2D eigenvalue weighted by Crippen LogP contribution is 2.47. The van der Waals surface area contributed by atoms with Crippen LogP contribution in [0.15, 0.2) is 47.6 Å². The molecule has 2 saturated carbocycles. The van der Waals surface area contributed by atoms with Crippen LogP contribution in [0, 0.1) is 17.8 Å². The third-order valence-corrected chi connectivity index (χ3v) is 4.83.